The Balaban J connectivity index is 2.92. The van der Waals surface area contributed by atoms with E-state index in [1.54, 1.807) is 0 Å². The Morgan fingerprint density at radius 3 is 1.89 bits per heavy atom. The molecule has 108 valence electrons. The van der Waals surface area contributed by atoms with Crippen LogP contribution in [-0.4, -0.2) is 26.0 Å². The van der Waals surface area contributed by atoms with Gasteiger partial charge >= 0.3 is 119 Å². The van der Waals surface area contributed by atoms with E-state index < -0.39 is 5.97 Å². The summed E-state index contributed by atoms with van der Waals surface area (Å²) in [6, 6.07) is 0. The van der Waals surface area contributed by atoms with Crippen LogP contribution in [0.4, 0.5) is 0 Å². The zero-order valence-electron chi connectivity index (χ0n) is 12.0. The van der Waals surface area contributed by atoms with Gasteiger partial charge in [-0.3, -0.25) is 0 Å². The van der Waals surface area contributed by atoms with E-state index in [2.05, 4.69) is 6.92 Å². The summed E-state index contributed by atoms with van der Waals surface area (Å²) in [7, 11) is 0. The number of rotatable bonds is 14. The standard InChI is InChI=1S/C15H30O2Se/c1-2-3-4-7-10-13-18-14-11-8-5-6-9-12-15(16)17/h2-14H2,1H3,(H,16,17). The monoisotopic (exact) mass is 322 g/mol. The van der Waals surface area contributed by atoms with Gasteiger partial charge in [0.1, 0.15) is 0 Å². The van der Waals surface area contributed by atoms with Crippen LogP contribution in [0.25, 0.3) is 0 Å². The van der Waals surface area contributed by atoms with Gasteiger partial charge in [-0.25, -0.2) is 0 Å². The molecule has 0 radical (unpaired) electrons. The van der Waals surface area contributed by atoms with Crippen LogP contribution in [0.5, 0.6) is 0 Å². The number of hydrogen-bond donors (Lipinski definition) is 1. The summed E-state index contributed by atoms with van der Waals surface area (Å²) in [5.41, 5.74) is 0. The van der Waals surface area contributed by atoms with Gasteiger partial charge in [-0.1, -0.05) is 0 Å². The molecule has 2 nitrogen and oxygen atoms in total. The second kappa shape index (κ2) is 15.0. The van der Waals surface area contributed by atoms with Crippen molar-refractivity contribution < 1.29 is 9.90 Å². The van der Waals surface area contributed by atoms with Crippen LogP contribution >= 0.6 is 0 Å². The summed E-state index contributed by atoms with van der Waals surface area (Å²) in [5, 5.41) is 11.4. The molecule has 0 aromatic rings. The Bertz CT molecular complexity index is 183. The average molecular weight is 321 g/mol. The maximum atomic E-state index is 10.3. The molecule has 0 saturated heterocycles. The molecule has 0 aliphatic carbocycles. The van der Waals surface area contributed by atoms with E-state index in [0.717, 1.165) is 27.8 Å². The maximum absolute atomic E-state index is 10.3. The van der Waals surface area contributed by atoms with Crippen LogP contribution < -0.4 is 0 Å². The first-order chi connectivity index (χ1) is 8.77. The van der Waals surface area contributed by atoms with E-state index in [1.165, 1.54) is 62.0 Å². The molecule has 3 heteroatoms. The summed E-state index contributed by atoms with van der Waals surface area (Å²) < 4.78 is 0. The molecule has 0 saturated carbocycles. The Morgan fingerprint density at radius 2 is 1.33 bits per heavy atom. The number of aliphatic carboxylic acids is 1. The van der Waals surface area contributed by atoms with E-state index in [1.807, 2.05) is 0 Å². The fourth-order valence-electron chi connectivity index (χ4n) is 1.92. The normalized spacial score (nSPS) is 10.7. The van der Waals surface area contributed by atoms with Crippen LogP contribution in [0.2, 0.25) is 10.6 Å². The van der Waals surface area contributed by atoms with Gasteiger partial charge in [0.2, 0.25) is 0 Å². The Hall–Kier alpha value is -0.0105. The van der Waals surface area contributed by atoms with Crippen molar-refractivity contribution in [1.82, 2.24) is 0 Å². The van der Waals surface area contributed by atoms with Gasteiger partial charge < -0.3 is 0 Å². The predicted octanol–water partition coefficient (Wildman–Crippen LogP) is 4.92. The summed E-state index contributed by atoms with van der Waals surface area (Å²) >= 11 is 0.868. The van der Waals surface area contributed by atoms with Crippen LogP contribution in [0.3, 0.4) is 0 Å². The van der Waals surface area contributed by atoms with E-state index in [9.17, 15) is 4.79 Å². The third-order valence-electron chi connectivity index (χ3n) is 3.07. The first-order valence-electron chi connectivity index (χ1n) is 7.57. The fraction of sp³-hybridized carbons (Fsp3) is 0.933. The van der Waals surface area contributed by atoms with Gasteiger partial charge in [0.25, 0.3) is 0 Å². The molecule has 0 unspecified atom stereocenters. The van der Waals surface area contributed by atoms with Gasteiger partial charge in [0.05, 0.1) is 0 Å². The van der Waals surface area contributed by atoms with E-state index in [0.29, 0.717) is 6.42 Å². The Kier molecular flexibility index (Phi) is 15.0. The van der Waals surface area contributed by atoms with Crippen molar-refractivity contribution in [3.05, 3.63) is 0 Å². The van der Waals surface area contributed by atoms with E-state index in [-0.39, 0.29) is 0 Å². The Labute approximate surface area is 119 Å². The van der Waals surface area contributed by atoms with Gasteiger partial charge in [-0.2, -0.15) is 0 Å². The molecule has 0 heterocycles. The molecular formula is C15H30O2Se. The number of carboxylic acids is 1. The van der Waals surface area contributed by atoms with Crippen LogP contribution in [0.15, 0.2) is 0 Å². The topological polar surface area (TPSA) is 37.3 Å². The van der Waals surface area contributed by atoms with Crippen molar-refractivity contribution in [3.8, 4) is 0 Å². The molecule has 0 aromatic heterocycles. The van der Waals surface area contributed by atoms with Crippen LogP contribution in [0.1, 0.15) is 77.6 Å². The van der Waals surface area contributed by atoms with Crippen molar-refractivity contribution in [2.75, 3.05) is 0 Å². The van der Waals surface area contributed by atoms with Crippen molar-refractivity contribution in [1.29, 1.82) is 0 Å². The predicted molar refractivity (Wildman–Crippen MR) is 79.5 cm³/mol. The molecule has 0 aliphatic rings. The van der Waals surface area contributed by atoms with Gasteiger partial charge in [-0.15, -0.1) is 0 Å². The number of unbranched alkanes of at least 4 members (excludes halogenated alkanes) is 8. The molecule has 0 fully saturated rings. The van der Waals surface area contributed by atoms with E-state index in [4.69, 9.17) is 5.11 Å². The second-order valence-electron chi connectivity index (χ2n) is 4.94. The third kappa shape index (κ3) is 16.0. The van der Waals surface area contributed by atoms with Crippen LogP contribution in [0, 0.1) is 0 Å². The van der Waals surface area contributed by atoms with Crippen molar-refractivity contribution in [3.63, 3.8) is 0 Å². The molecule has 0 bridgehead atoms. The number of hydrogen-bond acceptors (Lipinski definition) is 1. The molecule has 0 aromatic carbocycles. The minimum atomic E-state index is -0.651. The molecule has 1 N–H and O–H groups in total. The van der Waals surface area contributed by atoms with Gasteiger partial charge in [-0.05, 0) is 0 Å². The number of carbonyl (C=O) groups is 1. The fourth-order valence-corrected chi connectivity index (χ4v) is 4.06. The second-order valence-corrected chi connectivity index (χ2v) is 7.51. The molecular weight excluding hydrogens is 291 g/mol. The van der Waals surface area contributed by atoms with Gasteiger partial charge in [0.15, 0.2) is 0 Å². The average Bonchev–Trinajstić information content (AvgIpc) is 2.34. The summed E-state index contributed by atoms with van der Waals surface area (Å²) in [6.45, 7) is 2.26. The molecule has 0 amide bonds. The number of carboxylic acid groups (broad SMARTS) is 1. The van der Waals surface area contributed by atoms with E-state index >= 15 is 0 Å². The molecule has 0 atom stereocenters. The molecule has 0 rings (SSSR count). The van der Waals surface area contributed by atoms with Crippen molar-refractivity contribution in [2.45, 2.75) is 88.2 Å². The summed E-state index contributed by atoms with van der Waals surface area (Å²) in [5.74, 6) is -0.651. The summed E-state index contributed by atoms with van der Waals surface area (Å²) in [4.78, 5) is 10.3. The van der Waals surface area contributed by atoms with Crippen molar-refractivity contribution in [2.24, 2.45) is 0 Å². The first kappa shape index (κ1) is 18.0. The quantitative estimate of drug-likeness (QED) is 0.364. The molecule has 0 spiro atoms. The first-order valence-corrected chi connectivity index (χ1v) is 9.99. The third-order valence-corrected chi connectivity index (χ3v) is 5.49. The van der Waals surface area contributed by atoms with Crippen LogP contribution in [-0.2, 0) is 4.79 Å². The Morgan fingerprint density at radius 1 is 0.833 bits per heavy atom. The molecule has 18 heavy (non-hydrogen) atoms. The SMILES string of the molecule is CCCCCCC[Se]CCCCCCCC(=O)O. The zero-order chi connectivity index (χ0) is 13.5. The molecule has 0 aliphatic heterocycles. The van der Waals surface area contributed by atoms with Crippen molar-refractivity contribution >= 4 is 20.9 Å². The summed E-state index contributed by atoms with van der Waals surface area (Å²) in [6.07, 6.45) is 13.2. The minimum absolute atomic E-state index is 0.349. The van der Waals surface area contributed by atoms with Gasteiger partial charge in [0, 0.05) is 0 Å². The zero-order valence-corrected chi connectivity index (χ0v) is 13.7.